The number of rotatable bonds is 4. The Balaban J connectivity index is 1.63. The zero-order valence-electron chi connectivity index (χ0n) is 14.4. The number of halogens is 2. The standard InChI is InChI=1S/C19H20F2N2O2S/c1-13-2-8-19(9-3-13)26(24,25)23-22-18-6-4-14(5-7-18)15-10-16(20)12-17(21)11-15/h2-3,8-12,14,23H,4-7H2,1H3. The molecule has 7 heteroatoms. The quantitative estimate of drug-likeness (QED) is 0.808. The van der Waals surface area contributed by atoms with Gasteiger partial charge in [-0.3, -0.25) is 0 Å². The Morgan fingerprint density at radius 1 is 1.00 bits per heavy atom. The largest absolute Gasteiger partial charge is 0.276 e. The van der Waals surface area contributed by atoms with Gasteiger partial charge in [0.15, 0.2) is 0 Å². The summed E-state index contributed by atoms with van der Waals surface area (Å²) < 4.78 is 51.2. The van der Waals surface area contributed by atoms with E-state index in [1.807, 2.05) is 6.92 Å². The Kier molecular flexibility index (Phi) is 5.36. The lowest BCUT2D eigenvalue weighted by atomic mass is 9.83. The van der Waals surface area contributed by atoms with Crippen molar-refractivity contribution in [2.75, 3.05) is 0 Å². The first-order valence-corrected chi connectivity index (χ1v) is 9.92. The summed E-state index contributed by atoms with van der Waals surface area (Å²) in [5.41, 5.74) is 2.36. The van der Waals surface area contributed by atoms with Gasteiger partial charge in [-0.05, 0) is 68.4 Å². The highest BCUT2D eigenvalue weighted by molar-refractivity contribution is 7.89. The molecule has 1 fully saturated rings. The van der Waals surface area contributed by atoms with E-state index in [1.165, 1.54) is 24.3 Å². The van der Waals surface area contributed by atoms with E-state index in [1.54, 1.807) is 12.1 Å². The molecule has 0 amide bonds. The topological polar surface area (TPSA) is 58.5 Å². The third-order valence-corrected chi connectivity index (χ3v) is 5.80. The first-order valence-electron chi connectivity index (χ1n) is 8.43. The normalized spacial score (nSPS) is 17.8. The van der Waals surface area contributed by atoms with Crippen LogP contribution in [0.2, 0.25) is 0 Å². The Morgan fingerprint density at radius 3 is 2.15 bits per heavy atom. The number of aryl methyl sites for hydroxylation is 1. The zero-order chi connectivity index (χ0) is 18.7. The predicted octanol–water partition coefficient (Wildman–Crippen LogP) is 4.27. The number of nitrogens with one attached hydrogen (secondary N) is 1. The molecule has 3 rings (SSSR count). The summed E-state index contributed by atoms with van der Waals surface area (Å²) in [6, 6.07) is 10.1. The molecule has 0 heterocycles. The van der Waals surface area contributed by atoms with Gasteiger partial charge in [-0.1, -0.05) is 17.7 Å². The van der Waals surface area contributed by atoms with Crippen LogP contribution in [0.15, 0.2) is 52.5 Å². The van der Waals surface area contributed by atoms with Gasteiger partial charge in [0.1, 0.15) is 11.6 Å². The first kappa shape index (κ1) is 18.5. The molecule has 138 valence electrons. The number of sulfonamides is 1. The minimum atomic E-state index is -3.69. The predicted molar refractivity (Wildman–Crippen MR) is 96.5 cm³/mol. The van der Waals surface area contributed by atoms with Gasteiger partial charge < -0.3 is 0 Å². The highest BCUT2D eigenvalue weighted by Gasteiger charge is 2.21. The van der Waals surface area contributed by atoms with Gasteiger partial charge in [-0.2, -0.15) is 13.5 Å². The number of hydrogen-bond donors (Lipinski definition) is 1. The molecule has 0 spiro atoms. The average molecular weight is 378 g/mol. The van der Waals surface area contributed by atoms with E-state index in [0.29, 0.717) is 31.2 Å². The van der Waals surface area contributed by atoms with Gasteiger partial charge in [0.25, 0.3) is 10.0 Å². The summed E-state index contributed by atoms with van der Waals surface area (Å²) in [7, 11) is -3.69. The van der Waals surface area contributed by atoms with E-state index in [2.05, 4.69) is 9.93 Å². The van der Waals surface area contributed by atoms with Crippen molar-refractivity contribution in [1.29, 1.82) is 0 Å². The molecule has 1 aliphatic carbocycles. The lowest BCUT2D eigenvalue weighted by Crippen LogP contribution is -2.22. The summed E-state index contributed by atoms with van der Waals surface area (Å²) in [4.78, 5) is 2.44. The van der Waals surface area contributed by atoms with Crippen molar-refractivity contribution in [1.82, 2.24) is 4.83 Å². The summed E-state index contributed by atoms with van der Waals surface area (Å²) in [6.07, 6.45) is 2.51. The van der Waals surface area contributed by atoms with Crippen LogP contribution in [-0.4, -0.2) is 14.1 Å². The molecule has 0 bridgehead atoms. The summed E-state index contributed by atoms with van der Waals surface area (Å²) in [6.45, 7) is 1.88. The zero-order valence-corrected chi connectivity index (χ0v) is 15.2. The molecular formula is C19H20F2N2O2S. The van der Waals surface area contributed by atoms with Crippen LogP contribution in [0, 0.1) is 18.6 Å². The molecular weight excluding hydrogens is 358 g/mol. The molecule has 2 aromatic carbocycles. The molecule has 0 unspecified atom stereocenters. The number of benzene rings is 2. The molecule has 1 N–H and O–H groups in total. The summed E-state index contributed by atoms with van der Waals surface area (Å²) in [5.74, 6) is -1.11. The maximum atomic E-state index is 13.4. The fourth-order valence-corrected chi connectivity index (χ4v) is 3.95. The minimum absolute atomic E-state index is 0.0489. The van der Waals surface area contributed by atoms with Crippen molar-refractivity contribution < 1.29 is 17.2 Å². The Bertz CT molecular complexity index is 895. The maximum Gasteiger partial charge on any atom is 0.276 e. The van der Waals surface area contributed by atoms with E-state index in [-0.39, 0.29) is 10.8 Å². The third kappa shape index (κ3) is 4.46. The molecule has 0 aliphatic heterocycles. The third-order valence-electron chi connectivity index (χ3n) is 4.57. The Labute approximate surface area is 152 Å². The molecule has 4 nitrogen and oxygen atoms in total. The smallest absolute Gasteiger partial charge is 0.207 e. The van der Waals surface area contributed by atoms with Crippen molar-refractivity contribution in [3.63, 3.8) is 0 Å². The lowest BCUT2D eigenvalue weighted by molar-refractivity contribution is 0.538. The van der Waals surface area contributed by atoms with E-state index in [0.717, 1.165) is 17.3 Å². The van der Waals surface area contributed by atoms with Crippen molar-refractivity contribution in [3.8, 4) is 0 Å². The summed E-state index contributed by atoms with van der Waals surface area (Å²) in [5, 5.41) is 4.05. The Morgan fingerprint density at radius 2 is 1.58 bits per heavy atom. The van der Waals surface area contributed by atoms with Crippen LogP contribution in [0.5, 0.6) is 0 Å². The van der Waals surface area contributed by atoms with Crippen LogP contribution in [0.3, 0.4) is 0 Å². The van der Waals surface area contributed by atoms with Gasteiger partial charge in [0, 0.05) is 11.8 Å². The first-order chi connectivity index (χ1) is 12.3. The van der Waals surface area contributed by atoms with Gasteiger partial charge in [-0.25, -0.2) is 13.6 Å². The van der Waals surface area contributed by atoms with Crippen LogP contribution in [0.4, 0.5) is 8.78 Å². The van der Waals surface area contributed by atoms with Crippen molar-refractivity contribution >= 4 is 15.7 Å². The van der Waals surface area contributed by atoms with E-state index < -0.39 is 21.7 Å². The molecule has 2 aromatic rings. The molecule has 26 heavy (non-hydrogen) atoms. The second-order valence-corrected chi connectivity index (χ2v) is 8.22. The van der Waals surface area contributed by atoms with Crippen LogP contribution < -0.4 is 4.83 Å². The van der Waals surface area contributed by atoms with Crippen molar-refractivity contribution in [2.45, 2.75) is 43.4 Å². The highest BCUT2D eigenvalue weighted by Crippen LogP contribution is 2.32. The van der Waals surface area contributed by atoms with Crippen LogP contribution >= 0.6 is 0 Å². The van der Waals surface area contributed by atoms with Crippen LogP contribution in [0.1, 0.15) is 42.7 Å². The van der Waals surface area contributed by atoms with Crippen LogP contribution in [-0.2, 0) is 10.0 Å². The molecule has 1 saturated carbocycles. The molecule has 1 aliphatic rings. The number of nitrogens with zero attached hydrogens (tertiary/aromatic N) is 1. The number of hydrazone groups is 1. The van der Waals surface area contributed by atoms with Gasteiger partial charge in [0.2, 0.25) is 0 Å². The minimum Gasteiger partial charge on any atom is -0.207 e. The average Bonchev–Trinajstić information content (AvgIpc) is 2.60. The van der Waals surface area contributed by atoms with E-state index >= 15 is 0 Å². The fraction of sp³-hybridized carbons (Fsp3) is 0.316. The molecule has 0 radical (unpaired) electrons. The van der Waals surface area contributed by atoms with E-state index in [9.17, 15) is 17.2 Å². The molecule has 0 saturated heterocycles. The maximum absolute atomic E-state index is 13.4. The molecule has 0 atom stereocenters. The Hall–Kier alpha value is -2.28. The highest BCUT2D eigenvalue weighted by atomic mass is 32.2. The fourth-order valence-electron chi connectivity index (χ4n) is 3.10. The number of hydrogen-bond acceptors (Lipinski definition) is 3. The second kappa shape index (κ2) is 7.53. The monoisotopic (exact) mass is 378 g/mol. The van der Waals surface area contributed by atoms with Gasteiger partial charge >= 0.3 is 0 Å². The van der Waals surface area contributed by atoms with Crippen molar-refractivity contribution in [2.24, 2.45) is 5.10 Å². The lowest BCUT2D eigenvalue weighted by Gasteiger charge is -2.23. The van der Waals surface area contributed by atoms with E-state index in [4.69, 9.17) is 0 Å². The summed E-state index contributed by atoms with van der Waals surface area (Å²) >= 11 is 0. The second-order valence-electron chi connectivity index (χ2n) is 6.56. The SMILES string of the molecule is Cc1ccc(S(=O)(=O)NN=C2CCC(c3cc(F)cc(F)c3)CC2)cc1. The van der Waals surface area contributed by atoms with Crippen molar-refractivity contribution in [3.05, 3.63) is 65.2 Å². The van der Waals surface area contributed by atoms with Gasteiger partial charge in [0.05, 0.1) is 4.90 Å². The molecule has 0 aromatic heterocycles. The van der Waals surface area contributed by atoms with Gasteiger partial charge in [-0.15, -0.1) is 0 Å². The van der Waals surface area contributed by atoms with Crippen LogP contribution in [0.25, 0.3) is 0 Å².